The number of carboxylic acid groups (broad SMARTS) is 1. The number of aliphatic hydroxyl groups excluding tert-OH is 1. The number of carboxylic acids is 1. The minimum Gasteiger partial charge on any atom is -0.481 e. The maximum Gasteiger partial charge on any atom is 0.307 e. The molecular weight excluding hydrogens is 242 g/mol. The van der Waals surface area contributed by atoms with Gasteiger partial charge in [0.1, 0.15) is 0 Å². The van der Waals surface area contributed by atoms with Crippen LogP contribution >= 0.6 is 0 Å². The summed E-state index contributed by atoms with van der Waals surface area (Å²) in [6, 6.07) is 7.63. The Hall–Kier alpha value is -1.39. The minimum atomic E-state index is -0.805. The Morgan fingerprint density at radius 2 is 1.89 bits per heavy atom. The number of hydrogen-bond donors (Lipinski definition) is 3. The zero-order valence-corrected chi connectivity index (χ0v) is 11.4. The normalized spacial score (nSPS) is 12.3. The smallest absolute Gasteiger partial charge is 0.307 e. The van der Waals surface area contributed by atoms with Crippen LogP contribution in [0.5, 0.6) is 0 Å². The van der Waals surface area contributed by atoms with Crippen molar-refractivity contribution in [3.8, 4) is 0 Å². The average Bonchev–Trinajstić information content (AvgIpc) is 2.39. The first-order valence-corrected chi connectivity index (χ1v) is 6.76. The molecule has 1 aromatic carbocycles. The molecule has 3 N–H and O–H groups in total. The fraction of sp³-hybridized carbons (Fsp3) is 0.533. The highest BCUT2D eigenvalue weighted by molar-refractivity contribution is 5.70. The van der Waals surface area contributed by atoms with Gasteiger partial charge in [0.2, 0.25) is 0 Å². The Morgan fingerprint density at radius 3 is 2.42 bits per heavy atom. The van der Waals surface area contributed by atoms with Crippen molar-refractivity contribution in [1.29, 1.82) is 0 Å². The lowest BCUT2D eigenvalue weighted by Crippen LogP contribution is -2.22. The summed E-state index contributed by atoms with van der Waals surface area (Å²) in [7, 11) is 0. The van der Waals surface area contributed by atoms with Gasteiger partial charge in [0.25, 0.3) is 0 Å². The summed E-state index contributed by atoms with van der Waals surface area (Å²) in [6.45, 7) is 4.04. The van der Waals surface area contributed by atoms with Crippen molar-refractivity contribution < 1.29 is 15.0 Å². The monoisotopic (exact) mass is 265 g/mol. The Labute approximate surface area is 114 Å². The predicted molar refractivity (Wildman–Crippen MR) is 75.0 cm³/mol. The van der Waals surface area contributed by atoms with Crippen molar-refractivity contribution in [2.45, 2.75) is 32.7 Å². The van der Waals surface area contributed by atoms with Gasteiger partial charge in [-0.1, -0.05) is 37.6 Å². The van der Waals surface area contributed by atoms with Crippen molar-refractivity contribution in [3.05, 3.63) is 35.4 Å². The summed E-state index contributed by atoms with van der Waals surface area (Å²) in [6.07, 6.45) is 1.97. The van der Waals surface area contributed by atoms with E-state index in [1.807, 2.05) is 24.3 Å². The van der Waals surface area contributed by atoms with Crippen LogP contribution in [-0.4, -0.2) is 29.3 Å². The second-order valence-corrected chi connectivity index (χ2v) is 4.80. The van der Waals surface area contributed by atoms with Crippen LogP contribution in [0.25, 0.3) is 0 Å². The number of benzene rings is 1. The molecule has 1 atom stereocenters. The number of aliphatic carboxylic acids is 1. The van der Waals surface area contributed by atoms with Gasteiger partial charge in [-0.15, -0.1) is 0 Å². The number of hydrogen-bond acceptors (Lipinski definition) is 3. The van der Waals surface area contributed by atoms with Crippen LogP contribution < -0.4 is 5.32 Å². The zero-order chi connectivity index (χ0) is 14.1. The molecule has 0 fully saturated rings. The molecule has 1 unspecified atom stereocenters. The van der Waals surface area contributed by atoms with Gasteiger partial charge in [-0.2, -0.15) is 0 Å². The summed E-state index contributed by atoms with van der Waals surface area (Å²) < 4.78 is 0. The molecule has 0 saturated carbocycles. The molecule has 0 radical (unpaired) electrons. The highest BCUT2D eigenvalue weighted by Crippen LogP contribution is 2.08. The Morgan fingerprint density at radius 1 is 1.26 bits per heavy atom. The van der Waals surface area contributed by atoms with Gasteiger partial charge >= 0.3 is 5.97 Å². The van der Waals surface area contributed by atoms with Gasteiger partial charge < -0.3 is 15.5 Å². The van der Waals surface area contributed by atoms with Crippen molar-refractivity contribution in [2.24, 2.45) is 5.92 Å². The fourth-order valence-electron chi connectivity index (χ4n) is 2.00. The van der Waals surface area contributed by atoms with Gasteiger partial charge in [0.15, 0.2) is 0 Å². The van der Waals surface area contributed by atoms with Crippen LogP contribution in [-0.2, 0) is 17.8 Å². The van der Waals surface area contributed by atoms with Crippen molar-refractivity contribution >= 4 is 5.97 Å². The maximum atomic E-state index is 10.6. The molecule has 0 aliphatic rings. The molecule has 4 nitrogen and oxygen atoms in total. The van der Waals surface area contributed by atoms with E-state index in [2.05, 4.69) is 12.2 Å². The summed E-state index contributed by atoms with van der Waals surface area (Å²) >= 11 is 0. The van der Waals surface area contributed by atoms with E-state index in [1.165, 1.54) is 0 Å². The van der Waals surface area contributed by atoms with E-state index in [9.17, 15) is 4.79 Å². The molecule has 0 spiro atoms. The van der Waals surface area contributed by atoms with E-state index in [0.717, 1.165) is 37.1 Å². The topological polar surface area (TPSA) is 69.6 Å². The highest BCUT2D eigenvalue weighted by Gasteiger charge is 2.05. The third-order valence-electron chi connectivity index (χ3n) is 3.26. The second kappa shape index (κ2) is 8.67. The zero-order valence-electron chi connectivity index (χ0n) is 11.4. The molecule has 19 heavy (non-hydrogen) atoms. The quantitative estimate of drug-likeness (QED) is 0.637. The van der Waals surface area contributed by atoms with E-state index in [-0.39, 0.29) is 13.0 Å². The third kappa shape index (κ3) is 6.36. The molecule has 1 aromatic rings. The Balaban J connectivity index is 2.35. The summed E-state index contributed by atoms with van der Waals surface area (Å²) in [4.78, 5) is 10.6. The largest absolute Gasteiger partial charge is 0.481 e. The number of carbonyl (C=O) groups is 1. The molecule has 106 valence electrons. The molecule has 4 heteroatoms. The Bertz CT molecular complexity index is 375. The molecule has 0 aliphatic carbocycles. The van der Waals surface area contributed by atoms with Crippen molar-refractivity contribution in [1.82, 2.24) is 5.32 Å². The van der Waals surface area contributed by atoms with E-state index < -0.39 is 5.97 Å². The van der Waals surface area contributed by atoms with Gasteiger partial charge in [-0.3, -0.25) is 4.79 Å². The molecule has 1 rings (SSSR count). The minimum absolute atomic E-state index is 0.0715. The second-order valence-electron chi connectivity index (χ2n) is 4.80. The van der Waals surface area contributed by atoms with Crippen LogP contribution in [0.15, 0.2) is 24.3 Å². The maximum absolute atomic E-state index is 10.6. The van der Waals surface area contributed by atoms with E-state index in [0.29, 0.717) is 5.92 Å². The Kier molecular flexibility index (Phi) is 7.15. The molecule has 0 aromatic heterocycles. The van der Waals surface area contributed by atoms with Crippen LogP contribution in [0.2, 0.25) is 0 Å². The summed E-state index contributed by atoms with van der Waals surface area (Å²) in [5.74, 6) is -0.294. The fourth-order valence-corrected chi connectivity index (χ4v) is 2.00. The molecular formula is C15H23NO3. The highest BCUT2D eigenvalue weighted by atomic mass is 16.4. The van der Waals surface area contributed by atoms with Gasteiger partial charge in [-0.05, 0) is 30.0 Å². The third-order valence-corrected chi connectivity index (χ3v) is 3.26. The van der Waals surface area contributed by atoms with E-state index >= 15 is 0 Å². The van der Waals surface area contributed by atoms with Gasteiger partial charge in [-0.25, -0.2) is 0 Å². The van der Waals surface area contributed by atoms with Gasteiger partial charge in [0.05, 0.1) is 6.42 Å². The first-order valence-electron chi connectivity index (χ1n) is 6.76. The predicted octanol–water partition coefficient (Wildman–Crippen LogP) is 1.81. The average molecular weight is 265 g/mol. The van der Waals surface area contributed by atoms with Crippen LogP contribution in [0.3, 0.4) is 0 Å². The first kappa shape index (κ1) is 15.7. The number of aliphatic hydroxyl groups is 1. The molecule has 0 amide bonds. The van der Waals surface area contributed by atoms with Crippen LogP contribution in [0.4, 0.5) is 0 Å². The summed E-state index contributed by atoms with van der Waals surface area (Å²) in [5, 5.41) is 21.0. The first-order chi connectivity index (χ1) is 9.15. The lowest BCUT2D eigenvalue weighted by molar-refractivity contribution is -0.136. The lowest BCUT2D eigenvalue weighted by Gasteiger charge is -2.14. The molecule has 0 bridgehead atoms. The van der Waals surface area contributed by atoms with Crippen LogP contribution in [0, 0.1) is 5.92 Å². The molecule has 0 saturated heterocycles. The van der Waals surface area contributed by atoms with E-state index in [1.54, 1.807) is 0 Å². The standard InChI is InChI=1S/C15H23NO3/c1-2-12(7-8-17)10-16-11-14-5-3-13(4-6-14)9-15(18)19/h3-6,12,16-17H,2,7-11H2,1H3,(H,18,19). The van der Waals surface area contributed by atoms with Crippen molar-refractivity contribution in [3.63, 3.8) is 0 Å². The SMILES string of the molecule is CCC(CCO)CNCc1ccc(CC(=O)O)cc1. The molecule has 0 heterocycles. The number of nitrogens with one attached hydrogen (secondary N) is 1. The van der Waals surface area contributed by atoms with Crippen molar-refractivity contribution in [2.75, 3.05) is 13.2 Å². The van der Waals surface area contributed by atoms with Crippen LogP contribution in [0.1, 0.15) is 30.9 Å². The van der Waals surface area contributed by atoms with E-state index in [4.69, 9.17) is 10.2 Å². The van der Waals surface area contributed by atoms with Gasteiger partial charge in [0, 0.05) is 13.2 Å². The number of rotatable bonds is 9. The molecule has 0 aliphatic heterocycles. The summed E-state index contributed by atoms with van der Waals surface area (Å²) in [5.41, 5.74) is 1.97. The lowest BCUT2D eigenvalue weighted by atomic mass is 10.0.